The van der Waals surface area contributed by atoms with Crippen molar-refractivity contribution >= 4 is 11.8 Å². The lowest BCUT2D eigenvalue weighted by atomic mass is 9.96. The van der Waals surface area contributed by atoms with Crippen molar-refractivity contribution in [3.05, 3.63) is 48.2 Å². The van der Waals surface area contributed by atoms with Gasteiger partial charge in [-0.25, -0.2) is 4.98 Å². The summed E-state index contributed by atoms with van der Waals surface area (Å²) in [5.74, 6) is 0.663. The van der Waals surface area contributed by atoms with Gasteiger partial charge in [-0.2, -0.15) is 0 Å². The highest BCUT2D eigenvalue weighted by molar-refractivity contribution is 5.98. The summed E-state index contributed by atoms with van der Waals surface area (Å²) in [5, 5.41) is 0. The highest BCUT2D eigenvalue weighted by atomic mass is 16.5. The van der Waals surface area contributed by atoms with Gasteiger partial charge in [0.2, 0.25) is 11.8 Å². The molecule has 7 nitrogen and oxygen atoms in total. The Bertz CT molecular complexity index is 1040. The number of carbonyl (C=O) groups is 2. The summed E-state index contributed by atoms with van der Waals surface area (Å²) in [6.45, 7) is 7.30. The van der Waals surface area contributed by atoms with Crippen LogP contribution in [0.2, 0.25) is 0 Å². The maximum atomic E-state index is 12.8. The van der Waals surface area contributed by atoms with E-state index in [2.05, 4.69) is 16.8 Å². The average molecular weight is 477 g/mol. The predicted octanol–water partition coefficient (Wildman–Crippen LogP) is 3.73. The predicted molar refractivity (Wildman–Crippen MR) is 135 cm³/mol. The fraction of sp³-hybridized carbons (Fsp3) is 0.536. The van der Waals surface area contributed by atoms with Gasteiger partial charge in [0.25, 0.3) is 5.91 Å². The van der Waals surface area contributed by atoms with Gasteiger partial charge in [0, 0.05) is 36.5 Å². The molecule has 0 bridgehead atoms. The molecule has 0 radical (unpaired) electrons. The van der Waals surface area contributed by atoms with Crippen molar-refractivity contribution in [2.75, 3.05) is 32.8 Å². The molecule has 2 aliphatic heterocycles. The van der Waals surface area contributed by atoms with E-state index in [1.165, 1.54) is 45.3 Å². The van der Waals surface area contributed by atoms with Gasteiger partial charge < -0.3 is 20.3 Å². The Kier molecular flexibility index (Phi) is 6.78. The summed E-state index contributed by atoms with van der Waals surface area (Å²) in [6, 6.07) is 10.8. The van der Waals surface area contributed by atoms with Crippen molar-refractivity contribution < 1.29 is 14.3 Å². The van der Waals surface area contributed by atoms with E-state index in [-0.39, 0.29) is 5.91 Å². The zero-order chi connectivity index (χ0) is 24.4. The lowest BCUT2D eigenvalue weighted by Gasteiger charge is -2.33. The Morgan fingerprint density at radius 1 is 1.03 bits per heavy atom. The van der Waals surface area contributed by atoms with Gasteiger partial charge in [-0.05, 0) is 86.7 Å². The molecule has 1 saturated carbocycles. The number of rotatable bonds is 8. The van der Waals surface area contributed by atoms with Crippen LogP contribution in [0, 0.1) is 11.3 Å². The molecule has 1 aromatic carbocycles. The molecular weight excluding hydrogens is 440 g/mol. The normalized spacial score (nSPS) is 22.2. The molecule has 3 aliphatic rings. The van der Waals surface area contributed by atoms with Crippen LogP contribution in [0.25, 0.3) is 11.1 Å². The highest BCUT2D eigenvalue weighted by Crippen LogP contribution is 2.45. The van der Waals surface area contributed by atoms with Crippen molar-refractivity contribution in [3.63, 3.8) is 0 Å². The molecule has 3 fully saturated rings. The van der Waals surface area contributed by atoms with E-state index in [1.54, 1.807) is 17.0 Å². The number of nitrogens with two attached hydrogens (primary N) is 1. The van der Waals surface area contributed by atoms with Crippen LogP contribution in [0.15, 0.2) is 42.6 Å². The van der Waals surface area contributed by atoms with Crippen molar-refractivity contribution in [3.8, 4) is 17.0 Å². The topological polar surface area (TPSA) is 88.8 Å². The van der Waals surface area contributed by atoms with Gasteiger partial charge in [-0.15, -0.1) is 0 Å². The quantitative estimate of drug-likeness (QED) is 0.627. The summed E-state index contributed by atoms with van der Waals surface area (Å²) in [6.07, 6.45) is 8.41. The molecule has 0 unspecified atom stereocenters. The standard InChI is InChI=1S/C28H36N4O3/c1-28(12-13-28)19-31-15-10-20(11-16-31)18-35-25-9-8-23(17-30-25)21-4-6-22(7-5-21)27(34)32-14-2-3-24(32)26(29)33/h4-9,17,20,24H,2-3,10-16,18-19H2,1H3,(H2,29,33)/t24-/m0/s1. The number of nitrogens with zero attached hydrogens (tertiary/aromatic N) is 3. The van der Waals surface area contributed by atoms with E-state index in [0.717, 1.165) is 24.2 Å². The smallest absolute Gasteiger partial charge is 0.254 e. The highest BCUT2D eigenvalue weighted by Gasteiger charge is 2.39. The molecule has 3 heterocycles. The zero-order valence-corrected chi connectivity index (χ0v) is 20.6. The Labute approximate surface area is 207 Å². The maximum absolute atomic E-state index is 12.8. The van der Waals surface area contributed by atoms with Gasteiger partial charge in [0.05, 0.1) is 6.61 Å². The number of amides is 2. The minimum absolute atomic E-state index is 0.146. The lowest BCUT2D eigenvalue weighted by Crippen LogP contribution is -2.43. The fourth-order valence-electron chi connectivity index (χ4n) is 5.34. The van der Waals surface area contributed by atoms with E-state index < -0.39 is 11.9 Å². The Hall–Kier alpha value is -2.93. The number of piperidine rings is 1. The van der Waals surface area contributed by atoms with E-state index >= 15 is 0 Å². The summed E-state index contributed by atoms with van der Waals surface area (Å²) in [5.41, 5.74) is 8.55. The van der Waals surface area contributed by atoms with Crippen LogP contribution in [0.5, 0.6) is 5.88 Å². The fourth-order valence-corrected chi connectivity index (χ4v) is 5.34. The van der Waals surface area contributed by atoms with Crippen LogP contribution in [0.1, 0.15) is 55.8 Å². The Morgan fingerprint density at radius 3 is 2.37 bits per heavy atom. The number of ether oxygens (including phenoxy) is 1. The van der Waals surface area contributed by atoms with Crippen LogP contribution in [-0.4, -0.2) is 65.4 Å². The molecule has 2 aromatic rings. The number of hydrogen-bond donors (Lipinski definition) is 1. The molecule has 35 heavy (non-hydrogen) atoms. The molecule has 1 aromatic heterocycles. The summed E-state index contributed by atoms with van der Waals surface area (Å²) in [7, 11) is 0. The average Bonchev–Trinajstić information content (AvgIpc) is 3.39. The summed E-state index contributed by atoms with van der Waals surface area (Å²) >= 11 is 0. The van der Waals surface area contributed by atoms with Gasteiger partial charge in [-0.3, -0.25) is 9.59 Å². The minimum Gasteiger partial charge on any atom is -0.477 e. The number of carbonyl (C=O) groups excluding carboxylic acids is 2. The third-order valence-electron chi connectivity index (χ3n) is 7.93. The molecule has 0 spiro atoms. The number of hydrogen-bond acceptors (Lipinski definition) is 5. The third kappa shape index (κ3) is 5.67. The summed E-state index contributed by atoms with van der Waals surface area (Å²) in [4.78, 5) is 33.2. The molecule has 5 rings (SSSR count). The van der Waals surface area contributed by atoms with Crippen molar-refractivity contribution in [2.24, 2.45) is 17.1 Å². The van der Waals surface area contributed by atoms with E-state index in [1.807, 2.05) is 30.5 Å². The second kappa shape index (κ2) is 9.97. The first-order valence-corrected chi connectivity index (χ1v) is 12.9. The molecule has 186 valence electrons. The molecule has 2 N–H and O–H groups in total. The van der Waals surface area contributed by atoms with Crippen LogP contribution >= 0.6 is 0 Å². The number of pyridine rings is 1. The summed E-state index contributed by atoms with van der Waals surface area (Å²) < 4.78 is 6.00. The lowest BCUT2D eigenvalue weighted by molar-refractivity contribution is -0.121. The molecule has 1 atom stereocenters. The van der Waals surface area contributed by atoms with Crippen molar-refractivity contribution in [2.45, 2.75) is 51.5 Å². The van der Waals surface area contributed by atoms with Crippen molar-refractivity contribution in [1.29, 1.82) is 0 Å². The number of benzene rings is 1. The third-order valence-corrected chi connectivity index (χ3v) is 7.93. The molecule has 2 saturated heterocycles. The van der Waals surface area contributed by atoms with Gasteiger partial charge >= 0.3 is 0 Å². The molecule has 1 aliphatic carbocycles. The van der Waals surface area contributed by atoms with Crippen molar-refractivity contribution in [1.82, 2.24) is 14.8 Å². The first kappa shape index (κ1) is 23.8. The molecular formula is C28H36N4O3. The second-order valence-electron chi connectivity index (χ2n) is 10.9. The number of primary amides is 1. The monoisotopic (exact) mass is 476 g/mol. The van der Waals surface area contributed by atoms with Crippen LogP contribution in [0.4, 0.5) is 0 Å². The number of likely N-dealkylation sites (tertiary alicyclic amines) is 2. The van der Waals surface area contributed by atoms with Crippen LogP contribution in [0.3, 0.4) is 0 Å². The SMILES string of the molecule is CC1(CN2CCC(COc3ccc(-c4ccc(C(=O)N5CCC[C@H]5C(N)=O)cc4)cn3)CC2)CC1. The van der Waals surface area contributed by atoms with E-state index in [9.17, 15) is 9.59 Å². The van der Waals surface area contributed by atoms with Crippen LogP contribution < -0.4 is 10.5 Å². The zero-order valence-electron chi connectivity index (χ0n) is 20.6. The van der Waals surface area contributed by atoms with Gasteiger partial charge in [-0.1, -0.05) is 19.1 Å². The van der Waals surface area contributed by atoms with E-state index in [4.69, 9.17) is 10.5 Å². The van der Waals surface area contributed by atoms with Gasteiger partial charge in [0.15, 0.2) is 0 Å². The van der Waals surface area contributed by atoms with E-state index in [0.29, 0.717) is 35.7 Å². The maximum Gasteiger partial charge on any atom is 0.254 e. The van der Waals surface area contributed by atoms with Crippen LogP contribution in [-0.2, 0) is 4.79 Å². The first-order valence-electron chi connectivity index (χ1n) is 12.9. The Morgan fingerprint density at radius 2 is 1.74 bits per heavy atom. The second-order valence-corrected chi connectivity index (χ2v) is 10.9. The number of aromatic nitrogens is 1. The van der Waals surface area contributed by atoms with Gasteiger partial charge in [0.1, 0.15) is 6.04 Å². The molecule has 7 heteroatoms. The Balaban J connectivity index is 1.11. The largest absolute Gasteiger partial charge is 0.477 e. The first-order chi connectivity index (χ1) is 16.9. The minimum atomic E-state index is -0.502. The molecule has 2 amide bonds.